The van der Waals surface area contributed by atoms with Crippen molar-refractivity contribution >= 4 is 17.3 Å². The number of carbonyl (C=O) groups is 1. The normalized spacial score (nSPS) is 14.7. The Morgan fingerprint density at radius 3 is 2.75 bits per heavy atom. The number of nitrogens with two attached hydrogens (primary N) is 1. The van der Waals surface area contributed by atoms with E-state index in [2.05, 4.69) is 4.98 Å². The fourth-order valence-electron chi connectivity index (χ4n) is 1.78. The summed E-state index contributed by atoms with van der Waals surface area (Å²) in [7, 11) is 0. The van der Waals surface area contributed by atoms with Gasteiger partial charge in [-0.25, -0.2) is 4.98 Å². The van der Waals surface area contributed by atoms with Crippen molar-refractivity contribution in [3.8, 4) is 0 Å². The second kappa shape index (κ2) is 5.41. The molecule has 0 bridgehead atoms. The minimum absolute atomic E-state index is 0.162. The van der Waals surface area contributed by atoms with Crippen LogP contribution in [-0.4, -0.2) is 22.6 Å². The van der Waals surface area contributed by atoms with Gasteiger partial charge in [-0.2, -0.15) is 0 Å². The van der Waals surface area contributed by atoms with Crippen LogP contribution in [-0.2, 0) is 11.2 Å². The molecule has 0 saturated carbocycles. The first kappa shape index (κ1) is 13.1. The summed E-state index contributed by atoms with van der Waals surface area (Å²) < 4.78 is 0. The third-order valence-electron chi connectivity index (χ3n) is 2.73. The molecule has 1 rings (SSSR count). The first-order chi connectivity index (χ1) is 7.54. The van der Waals surface area contributed by atoms with Crippen LogP contribution in [0.15, 0.2) is 5.38 Å². The van der Waals surface area contributed by atoms with E-state index < -0.39 is 11.4 Å². The number of hydrogen-bond donors (Lipinski definition) is 2. The lowest BCUT2D eigenvalue weighted by Gasteiger charge is -2.26. The summed E-state index contributed by atoms with van der Waals surface area (Å²) in [5, 5.41) is 12.1. The minimum Gasteiger partial charge on any atom is -0.481 e. The first-order valence-corrected chi connectivity index (χ1v) is 6.26. The molecule has 1 aromatic rings. The second-order valence-electron chi connectivity index (χ2n) is 4.10. The molecule has 0 spiro atoms. The van der Waals surface area contributed by atoms with Gasteiger partial charge in [0.15, 0.2) is 0 Å². The smallest absolute Gasteiger partial charge is 0.311 e. The number of aromatic nitrogens is 1. The average molecular weight is 242 g/mol. The van der Waals surface area contributed by atoms with Crippen LogP contribution in [0.25, 0.3) is 0 Å². The summed E-state index contributed by atoms with van der Waals surface area (Å²) in [4.78, 5) is 15.7. The fraction of sp³-hybridized carbons (Fsp3) is 0.636. The monoisotopic (exact) mass is 242 g/mol. The van der Waals surface area contributed by atoms with E-state index in [4.69, 9.17) is 5.73 Å². The van der Waals surface area contributed by atoms with Crippen LogP contribution < -0.4 is 5.73 Å². The van der Waals surface area contributed by atoms with E-state index in [9.17, 15) is 9.90 Å². The fourth-order valence-corrected chi connectivity index (χ4v) is 2.70. The molecule has 0 aromatic carbocycles. The summed E-state index contributed by atoms with van der Waals surface area (Å²) in [5.74, 6) is -0.815. The van der Waals surface area contributed by atoms with Crippen molar-refractivity contribution in [1.82, 2.24) is 4.98 Å². The molecule has 0 aliphatic carbocycles. The number of rotatable bonds is 6. The number of nitrogens with zero attached hydrogens (tertiary/aromatic N) is 1. The molecular formula is C11H18N2O2S. The molecule has 0 aliphatic rings. The van der Waals surface area contributed by atoms with Crippen LogP contribution in [0.4, 0.5) is 0 Å². The molecule has 3 N–H and O–H groups in total. The van der Waals surface area contributed by atoms with E-state index >= 15 is 0 Å². The maximum Gasteiger partial charge on any atom is 0.311 e. The zero-order chi connectivity index (χ0) is 12.2. The number of carboxylic acids is 1. The highest BCUT2D eigenvalue weighted by Gasteiger charge is 2.37. The molecule has 1 unspecified atom stereocenters. The molecule has 0 saturated heterocycles. The van der Waals surface area contributed by atoms with E-state index in [0.29, 0.717) is 12.8 Å². The van der Waals surface area contributed by atoms with Crippen LogP contribution in [0.1, 0.15) is 30.5 Å². The average Bonchev–Trinajstić information content (AvgIpc) is 2.63. The standard InChI is InChI=1S/C11H18N2O2S/c1-3-4-11(7-12,10(14)15)5-9-13-8(2)6-16-9/h6H,3-5,7,12H2,1-2H3,(H,14,15). The Balaban J connectivity index is 2.89. The zero-order valence-electron chi connectivity index (χ0n) is 9.69. The topological polar surface area (TPSA) is 76.2 Å². The van der Waals surface area contributed by atoms with Crippen LogP contribution >= 0.6 is 11.3 Å². The van der Waals surface area contributed by atoms with E-state index in [0.717, 1.165) is 17.1 Å². The van der Waals surface area contributed by atoms with Crippen molar-refractivity contribution in [2.24, 2.45) is 11.1 Å². The van der Waals surface area contributed by atoms with E-state index in [1.807, 2.05) is 19.2 Å². The SMILES string of the molecule is CCCC(CN)(Cc1nc(C)cs1)C(=O)O. The second-order valence-corrected chi connectivity index (χ2v) is 5.04. The predicted molar refractivity (Wildman–Crippen MR) is 64.6 cm³/mol. The maximum absolute atomic E-state index is 11.4. The number of aryl methyl sites for hydroxylation is 1. The Kier molecular flexibility index (Phi) is 4.44. The Morgan fingerprint density at radius 2 is 2.38 bits per heavy atom. The van der Waals surface area contributed by atoms with E-state index in [1.54, 1.807) is 0 Å². The lowest BCUT2D eigenvalue weighted by molar-refractivity contribution is -0.148. The molecule has 16 heavy (non-hydrogen) atoms. The van der Waals surface area contributed by atoms with Crippen LogP contribution in [0.2, 0.25) is 0 Å². The van der Waals surface area contributed by atoms with Gasteiger partial charge >= 0.3 is 5.97 Å². The molecule has 1 aromatic heterocycles. The molecule has 1 heterocycles. The Morgan fingerprint density at radius 1 is 1.69 bits per heavy atom. The van der Waals surface area contributed by atoms with Crippen molar-refractivity contribution in [2.75, 3.05) is 6.54 Å². The molecule has 0 aliphatic heterocycles. The van der Waals surface area contributed by atoms with Gasteiger partial charge in [-0.3, -0.25) is 4.79 Å². The Bertz CT molecular complexity index is 365. The molecular weight excluding hydrogens is 224 g/mol. The van der Waals surface area contributed by atoms with Crippen molar-refractivity contribution in [1.29, 1.82) is 0 Å². The summed E-state index contributed by atoms with van der Waals surface area (Å²) in [5.41, 5.74) is 5.74. The van der Waals surface area contributed by atoms with Crippen molar-refractivity contribution in [2.45, 2.75) is 33.1 Å². The van der Waals surface area contributed by atoms with Gasteiger partial charge in [-0.05, 0) is 13.3 Å². The molecule has 4 nitrogen and oxygen atoms in total. The molecule has 0 fully saturated rings. The zero-order valence-corrected chi connectivity index (χ0v) is 10.5. The van der Waals surface area contributed by atoms with Crippen molar-refractivity contribution in [3.63, 3.8) is 0 Å². The molecule has 0 radical (unpaired) electrons. The summed E-state index contributed by atoms with van der Waals surface area (Å²) in [6.45, 7) is 4.04. The lowest BCUT2D eigenvalue weighted by atomic mass is 9.80. The first-order valence-electron chi connectivity index (χ1n) is 5.38. The molecule has 90 valence electrons. The van der Waals surface area contributed by atoms with Gasteiger partial charge < -0.3 is 10.8 Å². The highest BCUT2D eigenvalue weighted by atomic mass is 32.1. The van der Waals surface area contributed by atoms with Crippen LogP contribution in [0.5, 0.6) is 0 Å². The Labute approximate surface area is 99.5 Å². The predicted octanol–water partition coefficient (Wildman–Crippen LogP) is 1.82. The summed E-state index contributed by atoms with van der Waals surface area (Å²) >= 11 is 1.51. The van der Waals surface area contributed by atoms with Gasteiger partial charge in [0, 0.05) is 24.0 Å². The quantitative estimate of drug-likeness (QED) is 0.798. The number of carboxylic acid groups (broad SMARTS) is 1. The van der Waals surface area contributed by atoms with Gasteiger partial charge in [0.25, 0.3) is 0 Å². The van der Waals surface area contributed by atoms with Gasteiger partial charge in [0.2, 0.25) is 0 Å². The van der Waals surface area contributed by atoms with Crippen LogP contribution in [0, 0.1) is 12.3 Å². The van der Waals surface area contributed by atoms with Gasteiger partial charge in [0.1, 0.15) is 0 Å². The molecule has 1 atom stereocenters. The van der Waals surface area contributed by atoms with Gasteiger partial charge in [-0.1, -0.05) is 13.3 Å². The number of aliphatic carboxylic acids is 1. The maximum atomic E-state index is 11.4. The number of thiazole rings is 1. The third kappa shape index (κ3) is 2.80. The van der Waals surface area contributed by atoms with E-state index in [-0.39, 0.29) is 6.54 Å². The lowest BCUT2D eigenvalue weighted by Crippen LogP contribution is -2.40. The highest BCUT2D eigenvalue weighted by Crippen LogP contribution is 2.29. The third-order valence-corrected chi connectivity index (χ3v) is 3.70. The summed E-state index contributed by atoms with van der Waals surface area (Å²) in [6, 6.07) is 0. The molecule has 5 heteroatoms. The molecule has 0 amide bonds. The van der Waals surface area contributed by atoms with Gasteiger partial charge in [-0.15, -0.1) is 11.3 Å². The summed E-state index contributed by atoms with van der Waals surface area (Å²) in [6.07, 6.45) is 1.84. The van der Waals surface area contributed by atoms with E-state index in [1.165, 1.54) is 11.3 Å². The largest absolute Gasteiger partial charge is 0.481 e. The van der Waals surface area contributed by atoms with Crippen LogP contribution in [0.3, 0.4) is 0 Å². The Hall–Kier alpha value is -0.940. The van der Waals surface area contributed by atoms with Crippen molar-refractivity contribution in [3.05, 3.63) is 16.1 Å². The van der Waals surface area contributed by atoms with Gasteiger partial charge in [0.05, 0.1) is 10.4 Å². The minimum atomic E-state index is -0.848. The van der Waals surface area contributed by atoms with Crippen molar-refractivity contribution < 1.29 is 9.90 Å². The number of hydrogen-bond acceptors (Lipinski definition) is 4. The highest BCUT2D eigenvalue weighted by molar-refractivity contribution is 7.09.